The Kier molecular flexibility index (Phi) is 5.17. The second kappa shape index (κ2) is 6.74. The van der Waals surface area contributed by atoms with Crippen LogP contribution in [0.4, 0.5) is 0 Å². The Labute approximate surface area is 131 Å². The van der Waals surface area contributed by atoms with Crippen molar-refractivity contribution in [1.82, 2.24) is 13.5 Å². The summed E-state index contributed by atoms with van der Waals surface area (Å²) >= 11 is 0. The van der Waals surface area contributed by atoms with Crippen LogP contribution >= 0.6 is 0 Å². The zero-order chi connectivity index (χ0) is 16.3. The van der Waals surface area contributed by atoms with Crippen molar-refractivity contribution in [3.63, 3.8) is 0 Å². The maximum Gasteiger partial charge on any atom is 0.281 e. The van der Waals surface area contributed by atoms with Gasteiger partial charge in [0.15, 0.2) is 0 Å². The van der Waals surface area contributed by atoms with Crippen LogP contribution in [0.2, 0.25) is 0 Å². The highest BCUT2D eigenvalue weighted by molar-refractivity contribution is 7.86. The molecule has 0 bridgehead atoms. The molecular weight excluding hydrogens is 304 g/mol. The number of benzene rings is 1. The van der Waals surface area contributed by atoms with Crippen molar-refractivity contribution in [3.05, 3.63) is 35.9 Å². The van der Waals surface area contributed by atoms with Gasteiger partial charge in [-0.1, -0.05) is 30.3 Å². The van der Waals surface area contributed by atoms with Crippen LogP contribution < -0.4 is 5.73 Å². The second-order valence-electron chi connectivity index (χ2n) is 5.44. The van der Waals surface area contributed by atoms with E-state index in [9.17, 15) is 13.2 Å². The van der Waals surface area contributed by atoms with Gasteiger partial charge < -0.3 is 5.73 Å². The van der Waals surface area contributed by atoms with Crippen LogP contribution in [0.3, 0.4) is 0 Å². The molecule has 122 valence electrons. The normalized spacial score (nSPS) is 19.2. The van der Waals surface area contributed by atoms with Crippen molar-refractivity contribution < 1.29 is 13.2 Å². The van der Waals surface area contributed by atoms with Crippen LogP contribution in [0.15, 0.2) is 30.3 Å². The smallest absolute Gasteiger partial charge is 0.281 e. The van der Waals surface area contributed by atoms with Crippen molar-refractivity contribution in [2.75, 3.05) is 40.3 Å². The molecule has 1 heterocycles. The molecule has 2 N–H and O–H groups in total. The molecule has 1 aliphatic heterocycles. The van der Waals surface area contributed by atoms with Crippen molar-refractivity contribution in [2.45, 2.75) is 6.04 Å². The number of hydrogen-bond donors (Lipinski definition) is 1. The lowest BCUT2D eigenvalue weighted by atomic mass is 10.0. The van der Waals surface area contributed by atoms with Crippen LogP contribution in [-0.2, 0) is 15.0 Å². The first-order valence-electron chi connectivity index (χ1n) is 7.10. The third-order valence-corrected chi connectivity index (χ3v) is 5.75. The third kappa shape index (κ3) is 3.46. The van der Waals surface area contributed by atoms with Gasteiger partial charge in [-0.2, -0.15) is 17.0 Å². The van der Waals surface area contributed by atoms with E-state index in [1.165, 1.54) is 22.7 Å². The highest BCUT2D eigenvalue weighted by Gasteiger charge is 2.33. The average Bonchev–Trinajstić information content (AvgIpc) is 2.48. The van der Waals surface area contributed by atoms with Gasteiger partial charge in [-0.15, -0.1) is 0 Å². The number of rotatable bonds is 5. The van der Waals surface area contributed by atoms with Gasteiger partial charge in [-0.3, -0.25) is 9.69 Å². The summed E-state index contributed by atoms with van der Waals surface area (Å²) in [5, 5.41) is 0. The average molecular weight is 326 g/mol. The quantitative estimate of drug-likeness (QED) is 0.800. The Morgan fingerprint density at radius 1 is 1.14 bits per heavy atom. The zero-order valence-corrected chi connectivity index (χ0v) is 13.7. The Morgan fingerprint density at radius 3 is 2.14 bits per heavy atom. The van der Waals surface area contributed by atoms with E-state index in [-0.39, 0.29) is 0 Å². The number of piperazine rings is 1. The van der Waals surface area contributed by atoms with Crippen LogP contribution in [0.25, 0.3) is 0 Å². The minimum atomic E-state index is -3.41. The first kappa shape index (κ1) is 16.9. The number of nitrogens with zero attached hydrogens (tertiary/aromatic N) is 3. The fraction of sp³-hybridized carbons (Fsp3) is 0.500. The molecule has 1 fully saturated rings. The summed E-state index contributed by atoms with van der Waals surface area (Å²) in [5.74, 6) is -0.421. The largest absolute Gasteiger partial charge is 0.368 e. The first-order valence-corrected chi connectivity index (χ1v) is 8.49. The molecule has 1 unspecified atom stereocenters. The van der Waals surface area contributed by atoms with E-state index in [2.05, 4.69) is 0 Å². The molecule has 0 saturated carbocycles. The van der Waals surface area contributed by atoms with Crippen LogP contribution in [0.5, 0.6) is 0 Å². The maximum absolute atomic E-state index is 12.1. The van der Waals surface area contributed by atoms with Crippen LogP contribution in [0, 0.1) is 0 Å². The van der Waals surface area contributed by atoms with E-state index in [1.54, 1.807) is 0 Å². The second-order valence-corrected chi connectivity index (χ2v) is 7.58. The Morgan fingerprint density at radius 2 is 1.68 bits per heavy atom. The molecule has 2 rings (SSSR count). The van der Waals surface area contributed by atoms with Gasteiger partial charge in [0.1, 0.15) is 6.04 Å². The van der Waals surface area contributed by atoms with Crippen molar-refractivity contribution in [1.29, 1.82) is 0 Å². The first-order chi connectivity index (χ1) is 10.3. The molecule has 1 saturated heterocycles. The number of primary amides is 1. The summed E-state index contributed by atoms with van der Waals surface area (Å²) in [6, 6.07) is 8.79. The number of hydrogen-bond acceptors (Lipinski definition) is 4. The lowest BCUT2D eigenvalue weighted by molar-refractivity contribution is -0.124. The van der Waals surface area contributed by atoms with Gasteiger partial charge in [0.05, 0.1) is 0 Å². The van der Waals surface area contributed by atoms with Crippen molar-refractivity contribution in [3.8, 4) is 0 Å². The van der Waals surface area contributed by atoms with Gasteiger partial charge in [0, 0.05) is 40.3 Å². The summed E-state index contributed by atoms with van der Waals surface area (Å²) in [6.45, 7) is 1.62. The molecule has 1 amide bonds. The number of amides is 1. The third-order valence-electron chi connectivity index (χ3n) is 3.81. The van der Waals surface area contributed by atoms with Gasteiger partial charge in [0.2, 0.25) is 5.91 Å². The molecule has 0 radical (unpaired) electrons. The Balaban J connectivity index is 2.11. The van der Waals surface area contributed by atoms with Crippen molar-refractivity contribution >= 4 is 16.1 Å². The lowest BCUT2D eigenvalue weighted by Crippen LogP contribution is -2.53. The fourth-order valence-corrected chi connectivity index (χ4v) is 3.70. The Hall–Kier alpha value is -1.48. The molecular formula is C14H22N4O3S. The molecule has 7 nitrogen and oxygen atoms in total. The van der Waals surface area contributed by atoms with Gasteiger partial charge in [0.25, 0.3) is 10.2 Å². The molecule has 22 heavy (non-hydrogen) atoms. The standard InChI is InChI=1S/C14H22N4O3S/c1-16(2)22(20,21)18-10-8-17(9-11-18)13(14(15)19)12-6-4-3-5-7-12/h3-7,13H,8-11H2,1-2H3,(H2,15,19). The van der Waals surface area contributed by atoms with Gasteiger partial charge in [-0.25, -0.2) is 0 Å². The predicted molar refractivity (Wildman–Crippen MR) is 84.1 cm³/mol. The number of carbonyl (C=O) groups is 1. The van der Waals surface area contributed by atoms with E-state index in [0.29, 0.717) is 26.2 Å². The number of carbonyl (C=O) groups excluding carboxylic acids is 1. The molecule has 0 aromatic heterocycles. The molecule has 1 atom stereocenters. The van der Waals surface area contributed by atoms with Gasteiger partial charge in [-0.05, 0) is 5.56 Å². The summed E-state index contributed by atoms with van der Waals surface area (Å²) < 4.78 is 26.8. The molecule has 1 aliphatic rings. The molecule has 1 aromatic rings. The number of nitrogens with two attached hydrogens (primary N) is 1. The van der Waals surface area contributed by atoms with Crippen molar-refractivity contribution in [2.24, 2.45) is 5.73 Å². The summed E-state index contributed by atoms with van der Waals surface area (Å²) in [4.78, 5) is 13.8. The molecule has 8 heteroatoms. The highest BCUT2D eigenvalue weighted by atomic mass is 32.2. The minimum Gasteiger partial charge on any atom is -0.368 e. The topological polar surface area (TPSA) is 87.0 Å². The molecule has 1 aromatic carbocycles. The Bertz CT molecular complexity index is 610. The maximum atomic E-state index is 12.1. The zero-order valence-electron chi connectivity index (χ0n) is 12.8. The highest BCUT2D eigenvalue weighted by Crippen LogP contribution is 2.22. The summed E-state index contributed by atoms with van der Waals surface area (Å²) in [6.07, 6.45) is 0. The van der Waals surface area contributed by atoms with E-state index < -0.39 is 22.2 Å². The van der Waals surface area contributed by atoms with E-state index >= 15 is 0 Å². The van der Waals surface area contributed by atoms with E-state index in [0.717, 1.165) is 5.56 Å². The molecule has 0 aliphatic carbocycles. The molecule has 0 spiro atoms. The fourth-order valence-electron chi connectivity index (χ4n) is 2.61. The monoisotopic (exact) mass is 326 g/mol. The van der Waals surface area contributed by atoms with E-state index in [4.69, 9.17) is 5.73 Å². The summed E-state index contributed by atoms with van der Waals surface area (Å²) in [5.41, 5.74) is 6.38. The van der Waals surface area contributed by atoms with Crippen LogP contribution in [-0.4, -0.2) is 68.1 Å². The summed E-state index contributed by atoms with van der Waals surface area (Å²) in [7, 11) is -0.387. The SMILES string of the molecule is CN(C)S(=O)(=O)N1CCN(C(C(N)=O)c2ccccc2)CC1. The van der Waals surface area contributed by atoms with E-state index in [1.807, 2.05) is 35.2 Å². The minimum absolute atomic E-state index is 0.344. The van der Waals surface area contributed by atoms with Crippen LogP contribution in [0.1, 0.15) is 11.6 Å². The van der Waals surface area contributed by atoms with Gasteiger partial charge >= 0.3 is 0 Å². The lowest BCUT2D eigenvalue weighted by Gasteiger charge is -2.38. The predicted octanol–water partition coefficient (Wildman–Crippen LogP) is -0.363.